The molecule has 0 N–H and O–H groups in total. The Kier molecular flexibility index (Phi) is 4.46. The quantitative estimate of drug-likeness (QED) is 0.768. The Morgan fingerprint density at radius 2 is 1.79 bits per heavy atom. The number of halogens is 2. The fraction of sp³-hybridized carbons (Fsp3) is 0.133. The van der Waals surface area contributed by atoms with Crippen molar-refractivity contribution in [2.45, 2.75) is 13.0 Å². The van der Waals surface area contributed by atoms with Gasteiger partial charge in [-0.1, -0.05) is 53.5 Å². The van der Waals surface area contributed by atoms with E-state index in [1.54, 1.807) is 37.3 Å². The van der Waals surface area contributed by atoms with Crippen LogP contribution in [0.15, 0.2) is 48.5 Å². The van der Waals surface area contributed by atoms with Crippen LogP contribution in [-0.2, 0) is 0 Å². The van der Waals surface area contributed by atoms with Gasteiger partial charge in [-0.05, 0) is 19.1 Å². The Labute approximate surface area is 121 Å². The molecule has 2 rings (SSSR count). The molecule has 19 heavy (non-hydrogen) atoms. The van der Waals surface area contributed by atoms with Gasteiger partial charge in [0.15, 0.2) is 6.10 Å². The van der Waals surface area contributed by atoms with Gasteiger partial charge in [0.25, 0.3) is 0 Å². The Balaban J connectivity index is 2.15. The molecule has 1 atom stereocenters. The first-order valence-corrected chi connectivity index (χ1v) is 6.54. The van der Waals surface area contributed by atoms with Crippen LogP contribution in [0.2, 0.25) is 10.0 Å². The summed E-state index contributed by atoms with van der Waals surface area (Å²) in [5.74, 6) is 0.308. The van der Waals surface area contributed by atoms with Gasteiger partial charge in [0.2, 0.25) is 5.78 Å². The molecule has 0 spiro atoms. The maximum Gasteiger partial charge on any atom is 0.202 e. The number of hydrogen-bond acceptors (Lipinski definition) is 2. The van der Waals surface area contributed by atoms with Gasteiger partial charge in [0, 0.05) is 16.7 Å². The molecule has 0 fully saturated rings. The van der Waals surface area contributed by atoms with E-state index in [9.17, 15) is 4.79 Å². The highest BCUT2D eigenvalue weighted by Gasteiger charge is 2.17. The molecule has 0 aromatic heterocycles. The summed E-state index contributed by atoms with van der Waals surface area (Å²) in [6, 6.07) is 13.9. The lowest BCUT2D eigenvalue weighted by atomic mass is 10.1. The maximum atomic E-state index is 12.1. The minimum atomic E-state index is -0.627. The third-order valence-electron chi connectivity index (χ3n) is 2.62. The van der Waals surface area contributed by atoms with Crippen molar-refractivity contribution in [2.24, 2.45) is 0 Å². The first-order chi connectivity index (χ1) is 9.08. The molecule has 2 aromatic rings. The SMILES string of the molecule is C[C@@H](Oc1cc(Cl)ccc1Cl)C(=O)c1ccccc1. The minimum absolute atomic E-state index is 0.100. The molecule has 2 nitrogen and oxygen atoms in total. The van der Waals surface area contributed by atoms with Crippen LogP contribution >= 0.6 is 23.2 Å². The molecular formula is C15H12Cl2O2. The van der Waals surface area contributed by atoms with Crippen LogP contribution in [-0.4, -0.2) is 11.9 Å². The van der Waals surface area contributed by atoms with Gasteiger partial charge in [0.1, 0.15) is 5.75 Å². The summed E-state index contributed by atoms with van der Waals surface area (Å²) in [4.78, 5) is 12.1. The van der Waals surface area contributed by atoms with E-state index in [4.69, 9.17) is 27.9 Å². The highest BCUT2D eigenvalue weighted by Crippen LogP contribution is 2.28. The number of Topliss-reactive ketones (excluding diaryl/α,β-unsaturated/α-hetero) is 1. The summed E-state index contributed by atoms with van der Waals surface area (Å²) in [5.41, 5.74) is 0.605. The maximum absolute atomic E-state index is 12.1. The standard InChI is InChI=1S/C15H12Cl2O2/c1-10(15(18)11-5-3-2-4-6-11)19-14-9-12(16)7-8-13(14)17/h2-10H,1H3/t10-/m1/s1. The van der Waals surface area contributed by atoms with E-state index in [1.165, 1.54) is 0 Å². The van der Waals surface area contributed by atoms with Crippen LogP contribution in [0.4, 0.5) is 0 Å². The first-order valence-electron chi connectivity index (χ1n) is 5.79. The summed E-state index contributed by atoms with van der Waals surface area (Å²) in [5, 5.41) is 0.941. The summed E-state index contributed by atoms with van der Waals surface area (Å²) in [7, 11) is 0. The second kappa shape index (κ2) is 6.09. The second-order valence-electron chi connectivity index (χ2n) is 4.07. The zero-order valence-corrected chi connectivity index (χ0v) is 11.8. The van der Waals surface area contributed by atoms with E-state index in [-0.39, 0.29) is 5.78 Å². The predicted octanol–water partition coefficient (Wildman–Crippen LogP) is 4.64. The van der Waals surface area contributed by atoms with Gasteiger partial charge in [-0.25, -0.2) is 0 Å². The lowest BCUT2D eigenvalue weighted by molar-refractivity contribution is 0.0818. The Morgan fingerprint density at radius 3 is 2.47 bits per heavy atom. The van der Waals surface area contributed by atoms with Crippen LogP contribution in [0.1, 0.15) is 17.3 Å². The van der Waals surface area contributed by atoms with Crippen molar-refractivity contribution in [1.82, 2.24) is 0 Å². The zero-order valence-electron chi connectivity index (χ0n) is 10.3. The summed E-state index contributed by atoms with van der Waals surface area (Å²) in [6.45, 7) is 1.69. The third-order valence-corrected chi connectivity index (χ3v) is 3.17. The van der Waals surface area contributed by atoms with Crippen LogP contribution in [0.25, 0.3) is 0 Å². The number of hydrogen-bond donors (Lipinski definition) is 0. The number of ether oxygens (including phenoxy) is 1. The molecule has 0 heterocycles. The fourth-order valence-corrected chi connectivity index (χ4v) is 1.97. The summed E-state index contributed by atoms with van der Waals surface area (Å²) < 4.78 is 5.58. The molecule has 0 bridgehead atoms. The molecule has 0 aliphatic carbocycles. The highest BCUT2D eigenvalue weighted by molar-refractivity contribution is 6.34. The Morgan fingerprint density at radius 1 is 1.11 bits per heavy atom. The van der Waals surface area contributed by atoms with Gasteiger partial charge in [-0.2, -0.15) is 0 Å². The molecule has 98 valence electrons. The first kappa shape index (κ1) is 13.9. The van der Waals surface area contributed by atoms with Crippen molar-refractivity contribution in [3.05, 3.63) is 64.1 Å². The molecular weight excluding hydrogens is 283 g/mol. The number of benzene rings is 2. The lowest BCUT2D eigenvalue weighted by Crippen LogP contribution is -2.23. The van der Waals surface area contributed by atoms with Gasteiger partial charge in [-0.15, -0.1) is 0 Å². The van der Waals surface area contributed by atoms with Crippen LogP contribution in [0, 0.1) is 0 Å². The van der Waals surface area contributed by atoms with Crippen molar-refractivity contribution in [3.63, 3.8) is 0 Å². The van der Waals surface area contributed by atoms with Crippen LogP contribution in [0.3, 0.4) is 0 Å². The molecule has 0 unspecified atom stereocenters. The zero-order chi connectivity index (χ0) is 13.8. The number of carbonyl (C=O) groups is 1. The van der Waals surface area contributed by atoms with Crippen molar-refractivity contribution in [1.29, 1.82) is 0 Å². The normalized spacial score (nSPS) is 11.9. The lowest BCUT2D eigenvalue weighted by Gasteiger charge is -2.15. The van der Waals surface area contributed by atoms with Gasteiger partial charge in [-0.3, -0.25) is 4.79 Å². The third kappa shape index (κ3) is 3.49. The van der Waals surface area contributed by atoms with Crippen molar-refractivity contribution < 1.29 is 9.53 Å². The summed E-state index contributed by atoms with van der Waals surface area (Å²) >= 11 is 11.9. The molecule has 0 aliphatic heterocycles. The number of carbonyl (C=O) groups excluding carboxylic acids is 1. The van der Waals surface area contributed by atoms with Crippen molar-refractivity contribution in [2.75, 3.05) is 0 Å². The molecule has 0 saturated carbocycles. The van der Waals surface area contributed by atoms with Crippen molar-refractivity contribution >= 4 is 29.0 Å². The highest BCUT2D eigenvalue weighted by atomic mass is 35.5. The van der Waals surface area contributed by atoms with Crippen molar-refractivity contribution in [3.8, 4) is 5.75 Å². The molecule has 0 radical (unpaired) electrons. The number of rotatable bonds is 4. The van der Waals surface area contributed by atoms with E-state index in [2.05, 4.69) is 0 Å². The topological polar surface area (TPSA) is 26.3 Å². The second-order valence-corrected chi connectivity index (χ2v) is 4.91. The Hall–Kier alpha value is -1.51. The molecule has 0 amide bonds. The minimum Gasteiger partial charge on any atom is -0.481 e. The Bertz CT molecular complexity index is 582. The average Bonchev–Trinajstić information content (AvgIpc) is 2.43. The smallest absolute Gasteiger partial charge is 0.202 e. The van der Waals surface area contributed by atoms with Crippen LogP contribution in [0.5, 0.6) is 5.75 Å². The largest absolute Gasteiger partial charge is 0.481 e. The monoisotopic (exact) mass is 294 g/mol. The molecule has 4 heteroatoms. The van der Waals surface area contributed by atoms with Gasteiger partial charge < -0.3 is 4.74 Å². The van der Waals surface area contributed by atoms with E-state index in [1.807, 2.05) is 18.2 Å². The average molecular weight is 295 g/mol. The number of ketones is 1. The molecule has 2 aromatic carbocycles. The van der Waals surface area contributed by atoms with Gasteiger partial charge >= 0.3 is 0 Å². The summed E-state index contributed by atoms with van der Waals surface area (Å²) in [6.07, 6.45) is -0.627. The molecule has 0 aliphatic rings. The van der Waals surface area contributed by atoms with Crippen LogP contribution < -0.4 is 4.74 Å². The van der Waals surface area contributed by atoms with E-state index in [0.717, 1.165) is 0 Å². The van der Waals surface area contributed by atoms with E-state index < -0.39 is 6.10 Å². The molecule has 0 saturated heterocycles. The fourth-order valence-electron chi connectivity index (χ4n) is 1.65. The van der Waals surface area contributed by atoms with Gasteiger partial charge in [0.05, 0.1) is 5.02 Å². The van der Waals surface area contributed by atoms with E-state index in [0.29, 0.717) is 21.4 Å². The predicted molar refractivity (Wildman–Crippen MR) is 77.3 cm³/mol. The van der Waals surface area contributed by atoms with E-state index >= 15 is 0 Å².